The molecule has 0 aliphatic carbocycles. The van der Waals surface area contributed by atoms with E-state index in [0.717, 1.165) is 78.0 Å². The predicted molar refractivity (Wildman–Crippen MR) is 541 cm³/mol. The van der Waals surface area contributed by atoms with Gasteiger partial charge in [0.2, 0.25) is 0 Å². The lowest BCUT2D eigenvalue weighted by Crippen LogP contribution is -2.27. The zero-order chi connectivity index (χ0) is 98.6. The van der Waals surface area contributed by atoms with Crippen molar-refractivity contribution in [2.75, 3.05) is 29.5 Å². The van der Waals surface area contributed by atoms with E-state index in [0.29, 0.717) is 164 Å². The molecule has 37 nitrogen and oxygen atoms in total. The molecule has 0 spiro atoms. The van der Waals surface area contributed by atoms with Crippen LogP contribution >= 0.6 is 0 Å². The number of halogens is 1. The second kappa shape index (κ2) is 37.7. The molecule has 0 saturated heterocycles. The van der Waals surface area contributed by atoms with Crippen LogP contribution in [0.2, 0.25) is 0 Å². The molecule has 14 heterocycles. The molecule has 38 heteroatoms. The Hall–Kier alpha value is -18.4. The highest BCUT2D eigenvalue weighted by molar-refractivity contribution is 6.01. The molecule has 0 amide bonds. The van der Waals surface area contributed by atoms with Crippen molar-refractivity contribution in [3.63, 3.8) is 0 Å². The Morgan fingerprint density at radius 1 is 0.369 bits per heavy atom. The third kappa shape index (κ3) is 16.7. The number of aliphatic hydroxyl groups excluding tert-OH is 1. The molecule has 22 rings (SSSR count). The van der Waals surface area contributed by atoms with Crippen LogP contribution in [0.3, 0.4) is 0 Å². The van der Waals surface area contributed by atoms with E-state index in [4.69, 9.17) is 59.7 Å². The van der Waals surface area contributed by atoms with Crippen LogP contribution in [0, 0.1) is 73.0 Å². The van der Waals surface area contributed by atoms with Crippen molar-refractivity contribution in [3.8, 4) is 57.1 Å². The monoisotopic (exact) mass is 1880 g/mol. The van der Waals surface area contributed by atoms with E-state index in [1.54, 1.807) is 72.7 Å². The first-order valence-electron chi connectivity index (χ1n) is 44.8. The maximum absolute atomic E-state index is 14.4. The van der Waals surface area contributed by atoms with E-state index in [1.807, 2.05) is 219 Å². The minimum Gasteiger partial charge on any atom is -0.384 e. The van der Waals surface area contributed by atoms with Crippen molar-refractivity contribution < 1.29 is 9.50 Å². The Morgan fingerprint density at radius 2 is 0.773 bits per heavy atom. The molecular formula is C103H93FN32O5. The van der Waals surface area contributed by atoms with Gasteiger partial charge in [-0.1, -0.05) is 145 Å². The topological polar surface area (TPSA) is 500 Å². The predicted octanol–water partition coefficient (Wildman–Crippen LogP) is 11.5. The second-order valence-corrected chi connectivity index (χ2v) is 33.9. The van der Waals surface area contributed by atoms with Crippen LogP contribution in [-0.4, -0.2) is 138 Å². The summed E-state index contributed by atoms with van der Waals surface area (Å²) in [4.78, 5) is 103. The van der Waals surface area contributed by atoms with Crippen LogP contribution in [0.15, 0.2) is 239 Å². The summed E-state index contributed by atoms with van der Waals surface area (Å²) in [7, 11) is 3.48. The summed E-state index contributed by atoms with van der Waals surface area (Å²) in [5.74, 6) is 7.06. The van der Waals surface area contributed by atoms with Gasteiger partial charge in [0.15, 0.2) is 39.4 Å². The molecule has 0 aliphatic heterocycles. The average Bonchev–Trinajstić information content (AvgIpc) is 1.18. The molecule has 0 bridgehead atoms. The molecular weight excluding hydrogens is 1780 g/mol. The van der Waals surface area contributed by atoms with Gasteiger partial charge in [-0.15, -0.1) is 0 Å². The van der Waals surface area contributed by atoms with Crippen LogP contribution in [0.5, 0.6) is 0 Å². The number of benzene rings is 8. The number of fused-ring (bicyclic) bond motifs is 8. The van der Waals surface area contributed by atoms with Crippen LogP contribution in [0.25, 0.3) is 133 Å². The van der Waals surface area contributed by atoms with Crippen molar-refractivity contribution in [1.29, 1.82) is 0 Å². The fraction of sp³-hybridized carbons (Fsp3) is 0.165. The van der Waals surface area contributed by atoms with Crippen molar-refractivity contribution in [2.24, 2.45) is 25.6 Å². The summed E-state index contributed by atoms with van der Waals surface area (Å²) in [5.41, 5.74) is 56.8. The Morgan fingerprint density at radius 3 is 1.25 bits per heavy atom. The first-order valence-corrected chi connectivity index (χ1v) is 44.8. The molecule has 8 aromatic carbocycles. The van der Waals surface area contributed by atoms with Crippen LogP contribution in [0.1, 0.15) is 84.6 Å². The normalized spacial score (nSPS) is 11.4. The molecule has 0 fully saturated rings. The quantitative estimate of drug-likeness (QED) is 0.0442. The lowest BCUT2D eigenvalue weighted by molar-refractivity contribution is 0.350. The number of aromatic nitrogens is 26. The Kier molecular flexibility index (Phi) is 24.5. The molecule has 14 aromatic heterocycles. The smallest absolute Gasteiger partial charge is 0.284 e. The van der Waals surface area contributed by atoms with Crippen LogP contribution < -0.4 is 56.6 Å². The third-order valence-corrected chi connectivity index (χ3v) is 24.9. The van der Waals surface area contributed by atoms with Crippen LogP contribution in [0.4, 0.5) is 27.7 Å². The average molecular weight is 1880 g/mol. The fourth-order valence-corrected chi connectivity index (χ4v) is 18.2. The van der Waals surface area contributed by atoms with Crippen molar-refractivity contribution in [2.45, 2.75) is 94.7 Å². The largest absolute Gasteiger partial charge is 0.384 e. The van der Waals surface area contributed by atoms with Gasteiger partial charge in [-0.25, -0.2) is 73.3 Å². The summed E-state index contributed by atoms with van der Waals surface area (Å²) in [6, 6.07) is 58.9. The van der Waals surface area contributed by atoms with E-state index in [-0.39, 0.29) is 66.7 Å². The zero-order valence-electron chi connectivity index (χ0n) is 78.3. The molecule has 0 atom stereocenters. The zero-order valence-corrected chi connectivity index (χ0v) is 78.3. The van der Waals surface area contributed by atoms with E-state index in [1.165, 1.54) is 37.4 Å². The SMILES string of the molecule is Cc1ccccc1-n1c(Cn2cnc3c(N)ncnc32)nc2c(C)nn(C)c2c1=O.Cc1ccccc1-n1c(Cn2nc(-c3cc(F)ccc3CN)c3c(N)ncnc32)cc2cccc(C)c2c1=O.Cc1ccccc1-n1c(Cn2nc(-c3ccccc3CN)c3c(N)ncnc32)cc2cccc(C)c2c1=O.Cc1ccccc1-n1c(Cn2nc(C#CCO)c3c(N)ncnc32)nc2c(C)nn(C)c2c1=O. The Bertz CT molecular complexity index is 9140. The molecule has 0 radical (unpaired) electrons. The summed E-state index contributed by atoms with van der Waals surface area (Å²) in [5, 5.41) is 37.0. The van der Waals surface area contributed by atoms with Gasteiger partial charge in [0, 0.05) is 49.7 Å². The number of para-hydroxylation sites is 4. The third-order valence-electron chi connectivity index (χ3n) is 24.9. The highest BCUT2D eigenvalue weighted by Crippen LogP contribution is 2.37. The molecule has 0 aliphatic rings. The number of nitrogens with two attached hydrogens (primary N) is 6. The molecule has 702 valence electrons. The van der Waals surface area contributed by atoms with Gasteiger partial charge in [0.25, 0.3) is 22.2 Å². The Labute approximate surface area is 801 Å². The Balaban J connectivity index is 0.000000120. The number of aryl methyl sites for hydroxylation is 10. The van der Waals surface area contributed by atoms with Gasteiger partial charge in [0.05, 0.1) is 87.0 Å². The van der Waals surface area contributed by atoms with Crippen molar-refractivity contribution >= 4 is 111 Å². The summed E-state index contributed by atoms with van der Waals surface area (Å²) in [6.07, 6.45) is 7.17. The van der Waals surface area contributed by atoms with E-state index in [2.05, 4.69) is 78.1 Å². The van der Waals surface area contributed by atoms with Gasteiger partial charge in [-0.2, -0.15) is 25.5 Å². The minimum absolute atomic E-state index is 0.0656. The number of imidazole rings is 1. The van der Waals surface area contributed by atoms with Gasteiger partial charge in [0.1, 0.15) is 107 Å². The number of hydrogen-bond donors (Lipinski definition) is 7. The molecule has 0 unspecified atom stereocenters. The van der Waals surface area contributed by atoms with E-state index in [9.17, 15) is 23.6 Å². The summed E-state index contributed by atoms with van der Waals surface area (Å²) in [6.45, 7) is 16.6. The number of nitrogen functional groups attached to an aromatic ring is 4. The number of anilines is 4. The van der Waals surface area contributed by atoms with Crippen LogP contribution in [-0.2, 0) is 53.4 Å². The highest BCUT2D eigenvalue weighted by Gasteiger charge is 2.29. The van der Waals surface area contributed by atoms with Gasteiger partial charge in [-0.3, -0.25) is 46.8 Å². The minimum atomic E-state index is -0.418. The van der Waals surface area contributed by atoms with Gasteiger partial charge < -0.3 is 44.1 Å². The second-order valence-electron chi connectivity index (χ2n) is 33.9. The lowest BCUT2D eigenvalue weighted by Gasteiger charge is -2.17. The molecule has 141 heavy (non-hydrogen) atoms. The summed E-state index contributed by atoms with van der Waals surface area (Å²) >= 11 is 0. The molecule has 13 N–H and O–H groups in total. The van der Waals surface area contributed by atoms with E-state index >= 15 is 0 Å². The number of aliphatic hydroxyl groups is 1. The number of nitrogens with zero attached hydrogens (tertiary/aromatic N) is 26. The standard InChI is InChI=1S/C30H26FN7O.C30H27N7O.C23H21N9O2.C20H19N9O/c1-17-6-3-4-9-24(17)38-22(12-19-8-5-7-18(2)25(19)30(38)39)15-37-29-26(28(33)34-16-35-29)27(36-37)23-13-21(31)11-10-20(23)14-32;1-18-8-3-6-13-24(18)37-22(14-20-11-7-9-19(2)25(20)30(37)38)16-36-29-26(28(32)33-17-34-29)27(35-36)23-12-5-4-10-21(23)15-31;1-13-7-4-5-9-16(13)32-17(27-19-14(2)28-30(3)20(19)23(32)34)11-31-22-18(21(24)25-12-26-22)15(29-31)8-6-10-33;1-11-6-4-5-7-13(11)29-14(25-15-12(2)26-27(3)17(15)20(29)30)8-28-10-24-16-18(21)22-9-23-19(16)28/h3-13,16H,14-15,32H2,1-2H3,(H2,33,34,35);3-14,17H,15-16,31H2,1-2H3,(H2,32,33,34);4-5,7,9,12,33H,10-11H2,1-3H3,(H2,24,25,26);4-7,9-10H,8H2,1-3H3,(H2,21,22,23). The van der Waals surface area contributed by atoms with Gasteiger partial charge >= 0.3 is 0 Å². The molecule has 22 aromatic rings. The number of pyridine rings is 2. The highest BCUT2D eigenvalue weighted by atomic mass is 19.1. The summed E-state index contributed by atoms with van der Waals surface area (Å²) < 4.78 is 31.1. The van der Waals surface area contributed by atoms with Crippen molar-refractivity contribution in [3.05, 3.63) is 352 Å². The van der Waals surface area contributed by atoms with E-state index < -0.39 is 5.82 Å². The maximum Gasteiger partial charge on any atom is 0.284 e. The molecule has 0 saturated carbocycles. The first-order chi connectivity index (χ1) is 68.2. The number of hydrogen-bond acceptors (Lipinski definition) is 27. The fourth-order valence-electron chi connectivity index (χ4n) is 18.2. The van der Waals surface area contributed by atoms with Gasteiger partial charge in [-0.05, 0) is 165 Å². The first kappa shape index (κ1) is 91.8. The van der Waals surface area contributed by atoms with Crippen molar-refractivity contribution in [1.82, 2.24) is 127 Å². The maximum atomic E-state index is 14.4. The number of rotatable bonds is 16. The lowest BCUT2D eigenvalue weighted by atomic mass is 10.0.